The van der Waals surface area contributed by atoms with Crippen LogP contribution in [-0.2, 0) is 9.59 Å². The lowest BCUT2D eigenvalue weighted by atomic mass is 9.75. The van der Waals surface area contributed by atoms with Crippen molar-refractivity contribution >= 4 is 11.6 Å². The summed E-state index contributed by atoms with van der Waals surface area (Å²) < 4.78 is 0. The normalized spacial score (nSPS) is 26.9. The fourth-order valence-electron chi connectivity index (χ4n) is 2.64. The largest absolute Gasteiger partial charge is 0.515 e. The molecule has 0 heterocycles. The number of carbonyl (C=O) groups excluding carboxylic acids is 2. The highest BCUT2D eigenvalue weighted by Crippen LogP contribution is 2.36. The van der Waals surface area contributed by atoms with Gasteiger partial charge in [0.2, 0.25) is 0 Å². The molecule has 2 aliphatic rings. The number of aliphatic hydroxyl groups excluding tert-OH is 1. The van der Waals surface area contributed by atoms with Crippen LogP contribution in [0.25, 0.3) is 0 Å². The van der Waals surface area contributed by atoms with Crippen molar-refractivity contribution < 1.29 is 14.7 Å². The summed E-state index contributed by atoms with van der Waals surface area (Å²) in [6.07, 6.45) is 6.99. The highest BCUT2D eigenvalue weighted by molar-refractivity contribution is 5.95. The topological polar surface area (TPSA) is 54.4 Å². The van der Waals surface area contributed by atoms with Crippen LogP contribution in [0.3, 0.4) is 0 Å². The van der Waals surface area contributed by atoms with Crippen LogP contribution in [-0.4, -0.2) is 16.7 Å². The first-order valence-corrected chi connectivity index (χ1v) is 7.53. The summed E-state index contributed by atoms with van der Waals surface area (Å²) in [5, 5.41) is 8.71. The average molecular weight is 280 g/mol. The average Bonchev–Trinajstić information content (AvgIpc) is 2.37. The summed E-state index contributed by atoms with van der Waals surface area (Å²) in [5.74, 6) is 0.557. The number of carbonyl (C=O) groups is 2. The predicted molar refractivity (Wildman–Crippen MR) is 80.6 cm³/mol. The van der Waals surface area contributed by atoms with Crippen molar-refractivity contribution in [1.29, 1.82) is 0 Å². The Morgan fingerprint density at radius 3 is 1.80 bits per heavy atom. The van der Waals surface area contributed by atoms with Gasteiger partial charge in [0, 0.05) is 24.8 Å². The van der Waals surface area contributed by atoms with E-state index in [4.69, 9.17) is 5.11 Å². The molecule has 0 aromatic heterocycles. The Labute approximate surface area is 122 Å². The Bertz CT molecular complexity index is 390. The van der Waals surface area contributed by atoms with Gasteiger partial charge in [-0.05, 0) is 36.5 Å². The minimum Gasteiger partial charge on any atom is -0.515 e. The van der Waals surface area contributed by atoms with Gasteiger partial charge in [0.15, 0.2) is 5.78 Å². The molecule has 2 fully saturated rings. The zero-order valence-corrected chi connectivity index (χ0v) is 13.3. The van der Waals surface area contributed by atoms with Crippen LogP contribution in [0, 0.1) is 10.8 Å². The molecule has 0 atom stereocenters. The molecule has 0 aromatic rings. The molecule has 0 bridgehead atoms. The SMILES string of the molecule is CC1(C)CCC(=O)/C(=C/O)C1.CC1(C)CCC(=O)CC1. The second kappa shape index (κ2) is 6.55. The summed E-state index contributed by atoms with van der Waals surface area (Å²) >= 11 is 0. The van der Waals surface area contributed by atoms with Gasteiger partial charge in [0.1, 0.15) is 5.78 Å². The van der Waals surface area contributed by atoms with Crippen molar-refractivity contribution in [3.63, 3.8) is 0 Å². The van der Waals surface area contributed by atoms with Crippen LogP contribution >= 0.6 is 0 Å². The smallest absolute Gasteiger partial charge is 0.161 e. The summed E-state index contributed by atoms with van der Waals surface area (Å²) in [4.78, 5) is 21.8. The first-order valence-electron chi connectivity index (χ1n) is 7.53. The van der Waals surface area contributed by atoms with Crippen LogP contribution in [0.5, 0.6) is 0 Å². The van der Waals surface area contributed by atoms with E-state index in [1.165, 1.54) is 0 Å². The monoisotopic (exact) mass is 280 g/mol. The van der Waals surface area contributed by atoms with Crippen LogP contribution in [0.15, 0.2) is 11.8 Å². The molecule has 114 valence electrons. The Morgan fingerprint density at radius 1 is 0.900 bits per heavy atom. The highest BCUT2D eigenvalue weighted by atomic mass is 16.2. The summed E-state index contributed by atoms with van der Waals surface area (Å²) in [5.41, 5.74) is 1.21. The molecule has 2 saturated carbocycles. The predicted octanol–water partition coefficient (Wildman–Crippen LogP) is 4.36. The lowest BCUT2D eigenvalue weighted by molar-refractivity contribution is -0.122. The van der Waals surface area contributed by atoms with E-state index in [0.29, 0.717) is 29.6 Å². The maximum Gasteiger partial charge on any atom is 0.161 e. The lowest BCUT2D eigenvalue weighted by Crippen LogP contribution is -2.23. The molecule has 2 aliphatic carbocycles. The van der Waals surface area contributed by atoms with Gasteiger partial charge in [-0.3, -0.25) is 9.59 Å². The molecule has 0 aromatic carbocycles. The molecular weight excluding hydrogens is 252 g/mol. The molecule has 2 rings (SSSR count). The number of hydrogen-bond donors (Lipinski definition) is 1. The molecule has 0 radical (unpaired) electrons. The van der Waals surface area contributed by atoms with Crippen LogP contribution in [0.4, 0.5) is 0 Å². The standard InChI is InChI=1S/C9H14O2.C8H14O/c1-9(2)4-3-8(11)7(5-9)6-10;1-8(2)5-3-7(9)4-6-8/h6,10H,3-5H2,1-2H3;3-6H2,1-2H3/b7-6+;. The fourth-order valence-corrected chi connectivity index (χ4v) is 2.64. The maximum absolute atomic E-state index is 11.1. The Balaban J connectivity index is 0.000000204. The maximum atomic E-state index is 11.1. The van der Waals surface area contributed by atoms with E-state index in [1.54, 1.807) is 0 Å². The highest BCUT2D eigenvalue weighted by Gasteiger charge is 2.29. The van der Waals surface area contributed by atoms with Gasteiger partial charge >= 0.3 is 0 Å². The second-order valence-electron chi connectivity index (χ2n) is 7.62. The molecule has 0 unspecified atom stereocenters. The number of ketones is 2. The van der Waals surface area contributed by atoms with E-state index in [9.17, 15) is 9.59 Å². The van der Waals surface area contributed by atoms with E-state index in [1.807, 2.05) is 0 Å². The Kier molecular flexibility index (Phi) is 5.55. The van der Waals surface area contributed by atoms with E-state index >= 15 is 0 Å². The molecule has 20 heavy (non-hydrogen) atoms. The third-order valence-corrected chi connectivity index (χ3v) is 4.37. The third kappa shape index (κ3) is 5.48. The minimum atomic E-state index is 0.104. The second-order valence-corrected chi connectivity index (χ2v) is 7.62. The van der Waals surface area contributed by atoms with Gasteiger partial charge in [-0.15, -0.1) is 0 Å². The molecule has 0 aliphatic heterocycles. The third-order valence-electron chi connectivity index (χ3n) is 4.37. The van der Waals surface area contributed by atoms with E-state index in [2.05, 4.69) is 27.7 Å². The molecule has 1 N–H and O–H groups in total. The Hall–Kier alpha value is -1.12. The summed E-state index contributed by atoms with van der Waals surface area (Å²) in [6, 6.07) is 0. The van der Waals surface area contributed by atoms with Crippen LogP contribution < -0.4 is 0 Å². The Morgan fingerprint density at radius 2 is 1.40 bits per heavy atom. The van der Waals surface area contributed by atoms with Crippen LogP contribution in [0.1, 0.15) is 72.6 Å². The van der Waals surface area contributed by atoms with Gasteiger partial charge < -0.3 is 5.11 Å². The lowest BCUT2D eigenvalue weighted by Gasteiger charge is -2.29. The molecule has 0 saturated heterocycles. The molecular formula is C17H28O3. The number of hydrogen-bond acceptors (Lipinski definition) is 3. The quantitative estimate of drug-likeness (QED) is 0.529. The van der Waals surface area contributed by atoms with Crippen molar-refractivity contribution in [3.05, 3.63) is 11.8 Å². The van der Waals surface area contributed by atoms with Crippen molar-refractivity contribution in [1.82, 2.24) is 0 Å². The minimum absolute atomic E-state index is 0.104. The molecule has 0 amide bonds. The molecule has 3 nitrogen and oxygen atoms in total. The van der Waals surface area contributed by atoms with E-state index in [-0.39, 0.29) is 11.2 Å². The first-order chi connectivity index (χ1) is 9.15. The van der Waals surface area contributed by atoms with E-state index in [0.717, 1.165) is 38.4 Å². The van der Waals surface area contributed by atoms with Crippen molar-refractivity contribution in [2.45, 2.75) is 72.6 Å². The number of rotatable bonds is 0. The van der Waals surface area contributed by atoms with Gasteiger partial charge in [0.05, 0.1) is 6.26 Å². The number of aliphatic hydroxyl groups is 1. The zero-order chi connectivity index (χ0) is 15.4. The first kappa shape index (κ1) is 16.9. The molecule has 3 heteroatoms. The molecule has 0 spiro atoms. The van der Waals surface area contributed by atoms with Gasteiger partial charge in [0.25, 0.3) is 0 Å². The van der Waals surface area contributed by atoms with E-state index < -0.39 is 0 Å². The summed E-state index contributed by atoms with van der Waals surface area (Å²) in [6.45, 7) is 8.70. The number of Topliss-reactive ketones (excluding diaryl/α,β-unsaturated/α-hetero) is 2. The van der Waals surface area contributed by atoms with Gasteiger partial charge in [-0.25, -0.2) is 0 Å². The summed E-state index contributed by atoms with van der Waals surface area (Å²) in [7, 11) is 0. The van der Waals surface area contributed by atoms with Gasteiger partial charge in [-0.2, -0.15) is 0 Å². The van der Waals surface area contributed by atoms with Crippen molar-refractivity contribution in [2.24, 2.45) is 10.8 Å². The zero-order valence-electron chi connectivity index (χ0n) is 13.3. The van der Waals surface area contributed by atoms with Crippen molar-refractivity contribution in [3.8, 4) is 0 Å². The van der Waals surface area contributed by atoms with Crippen molar-refractivity contribution in [2.75, 3.05) is 0 Å². The fraction of sp³-hybridized carbons (Fsp3) is 0.765. The number of allylic oxidation sites excluding steroid dienone is 1. The van der Waals surface area contributed by atoms with Crippen LogP contribution in [0.2, 0.25) is 0 Å². The van der Waals surface area contributed by atoms with Gasteiger partial charge in [-0.1, -0.05) is 27.7 Å².